The molecule has 118 valence electrons. The molecule has 8 heteroatoms. The van der Waals surface area contributed by atoms with Gasteiger partial charge in [0.05, 0.1) is 11.8 Å². The molecule has 0 aromatic carbocycles. The molecule has 0 spiro atoms. The van der Waals surface area contributed by atoms with Crippen molar-refractivity contribution in [3.63, 3.8) is 0 Å². The smallest absolute Gasteiger partial charge is 0.257 e. The number of hydrogen-bond donors (Lipinski definition) is 0. The average molecular weight is 320 g/mol. The summed E-state index contributed by atoms with van der Waals surface area (Å²) in [5, 5.41) is 14.6. The molecule has 22 heavy (non-hydrogen) atoms. The summed E-state index contributed by atoms with van der Waals surface area (Å²) in [7, 11) is 1.82. The van der Waals surface area contributed by atoms with Crippen LogP contribution < -0.4 is 4.90 Å². The molecule has 0 bridgehead atoms. The minimum atomic E-state index is 0.0490. The number of hydrogen-bond acceptors (Lipinski definition) is 6. The number of aryl methyl sites for hydroxylation is 1. The largest absolute Gasteiger partial charge is 0.343 e. The Hall–Kier alpha value is -1.96. The first kappa shape index (κ1) is 15.0. The SMILES string of the molecule is CC(C)c1nnc(N2CCN(C(=O)c3cnn(C)c3)CC2)s1. The quantitative estimate of drug-likeness (QED) is 0.854. The lowest BCUT2D eigenvalue weighted by Gasteiger charge is -2.34. The Kier molecular flexibility index (Phi) is 4.10. The zero-order valence-electron chi connectivity index (χ0n) is 13.1. The van der Waals surface area contributed by atoms with Crippen LogP contribution >= 0.6 is 11.3 Å². The molecular formula is C14H20N6OS. The molecule has 0 aliphatic carbocycles. The van der Waals surface area contributed by atoms with Crippen molar-refractivity contribution in [1.29, 1.82) is 0 Å². The maximum Gasteiger partial charge on any atom is 0.257 e. The van der Waals surface area contributed by atoms with Gasteiger partial charge in [-0.2, -0.15) is 5.10 Å². The summed E-state index contributed by atoms with van der Waals surface area (Å²) in [6.07, 6.45) is 3.38. The van der Waals surface area contributed by atoms with E-state index in [-0.39, 0.29) is 5.91 Å². The van der Waals surface area contributed by atoms with E-state index in [4.69, 9.17) is 0 Å². The Labute approximate surface area is 133 Å². The van der Waals surface area contributed by atoms with Gasteiger partial charge in [0.25, 0.3) is 5.91 Å². The van der Waals surface area contributed by atoms with Crippen LogP contribution in [0.4, 0.5) is 5.13 Å². The molecule has 3 heterocycles. The summed E-state index contributed by atoms with van der Waals surface area (Å²) in [4.78, 5) is 16.5. The second kappa shape index (κ2) is 6.04. The maximum absolute atomic E-state index is 12.4. The van der Waals surface area contributed by atoms with Crippen LogP contribution in [-0.2, 0) is 7.05 Å². The fraction of sp³-hybridized carbons (Fsp3) is 0.571. The Morgan fingerprint density at radius 3 is 2.50 bits per heavy atom. The lowest BCUT2D eigenvalue weighted by atomic mass is 10.2. The molecule has 1 amide bonds. The monoisotopic (exact) mass is 320 g/mol. The van der Waals surface area contributed by atoms with E-state index >= 15 is 0 Å². The van der Waals surface area contributed by atoms with Crippen LogP contribution in [0.25, 0.3) is 0 Å². The predicted octanol–water partition coefficient (Wildman–Crippen LogP) is 1.36. The molecular weight excluding hydrogens is 300 g/mol. The van der Waals surface area contributed by atoms with Crippen LogP contribution in [0.3, 0.4) is 0 Å². The van der Waals surface area contributed by atoms with E-state index in [9.17, 15) is 4.79 Å². The molecule has 1 fully saturated rings. The van der Waals surface area contributed by atoms with E-state index < -0.39 is 0 Å². The van der Waals surface area contributed by atoms with Gasteiger partial charge >= 0.3 is 0 Å². The summed E-state index contributed by atoms with van der Waals surface area (Å²) in [5.41, 5.74) is 0.647. The highest BCUT2D eigenvalue weighted by atomic mass is 32.1. The van der Waals surface area contributed by atoms with Gasteiger partial charge in [-0.05, 0) is 0 Å². The summed E-state index contributed by atoms with van der Waals surface area (Å²) < 4.78 is 1.65. The van der Waals surface area contributed by atoms with Crippen molar-refractivity contribution in [2.75, 3.05) is 31.1 Å². The molecule has 1 saturated heterocycles. The molecule has 7 nitrogen and oxygen atoms in total. The first-order valence-electron chi connectivity index (χ1n) is 7.41. The molecule has 1 aliphatic heterocycles. The molecule has 0 unspecified atom stereocenters. The molecule has 0 N–H and O–H groups in total. The van der Waals surface area contributed by atoms with Gasteiger partial charge in [0.2, 0.25) is 5.13 Å². The lowest BCUT2D eigenvalue weighted by Crippen LogP contribution is -2.48. The van der Waals surface area contributed by atoms with Crippen molar-refractivity contribution >= 4 is 22.4 Å². The summed E-state index contributed by atoms with van der Waals surface area (Å²) in [5.74, 6) is 0.451. The zero-order valence-corrected chi connectivity index (χ0v) is 13.9. The number of carbonyl (C=O) groups is 1. The molecule has 0 saturated carbocycles. The number of nitrogens with zero attached hydrogens (tertiary/aromatic N) is 6. The van der Waals surface area contributed by atoms with Crippen LogP contribution in [0.5, 0.6) is 0 Å². The fourth-order valence-corrected chi connectivity index (χ4v) is 3.30. The van der Waals surface area contributed by atoms with Gasteiger partial charge in [-0.1, -0.05) is 25.2 Å². The number of piperazine rings is 1. The van der Waals surface area contributed by atoms with Crippen molar-refractivity contribution in [1.82, 2.24) is 24.9 Å². The molecule has 3 rings (SSSR count). The molecule has 2 aromatic heterocycles. The predicted molar refractivity (Wildman–Crippen MR) is 85.3 cm³/mol. The van der Waals surface area contributed by atoms with E-state index in [2.05, 4.69) is 34.0 Å². The van der Waals surface area contributed by atoms with Crippen LogP contribution in [-0.4, -0.2) is 57.0 Å². The number of rotatable bonds is 3. The van der Waals surface area contributed by atoms with E-state index in [0.29, 0.717) is 24.6 Å². The van der Waals surface area contributed by atoms with Crippen LogP contribution in [0.1, 0.15) is 35.1 Å². The van der Waals surface area contributed by atoms with E-state index in [1.807, 2.05) is 11.9 Å². The summed E-state index contributed by atoms with van der Waals surface area (Å²) in [6.45, 7) is 7.22. The lowest BCUT2D eigenvalue weighted by molar-refractivity contribution is 0.0746. The van der Waals surface area contributed by atoms with Crippen molar-refractivity contribution in [3.05, 3.63) is 23.0 Å². The molecule has 1 aliphatic rings. The Morgan fingerprint density at radius 2 is 1.95 bits per heavy atom. The maximum atomic E-state index is 12.4. The van der Waals surface area contributed by atoms with Crippen molar-refractivity contribution in [2.24, 2.45) is 7.05 Å². The fourth-order valence-electron chi connectivity index (χ4n) is 2.40. The highest BCUT2D eigenvalue weighted by Crippen LogP contribution is 2.26. The normalized spacial score (nSPS) is 15.6. The standard InChI is InChI=1S/C14H20N6OS/c1-10(2)12-16-17-14(22-12)20-6-4-19(5-7-20)13(21)11-8-15-18(3)9-11/h8-10H,4-7H2,1-3H3. The van der Waals surface area contributed by atoms with Gasteiger partial charge in [0.1, 0.15) is 5.01 Å². The molecule has 0 radical (unpaired) electrons. The van der Waals surface area contributed by atoms with Gasteiger partial charge in [-0.25, -0.2) is 0 Å². The van der Waals surface area contributed by atoms with Crippen molar-refractivity contribution in [3.8, 4) is 0 Å². The van der Waals surface area contributed by atoms with E-state index in [1.54, 1.807) is 28.4 Å². The highest BCUT2D eigenvalue weighted by Gasteiger charge is 2.25. The minimum Gasteiger partial charge on any atom is -0.343 e. The van der Waals surface area contributed by atoms with Crippen LogP contribution in [0.15, 0.2) is 12.4 Å². The van der Waals surface area contributed by atoms with E-state index in [1.165, 1.54) is 0 Å². The summed E-state index contributed by atoms with van der Waals surface area (Å²) >= 11 is 1.64. The highest BCUT2D eigenvalue weighted by molar-refractivity contribution is 7.15. The third kappa shape index (κ3) is 2.96. The Bertz CT molecular complexity index is 656. The first-order valence-corrected chi connectivity index (χ1v) is 8.22. The number of anilines is 1. The topological polar surface area (TPSA) is 67.2 Å². The molecule has 0 atom stereocenters. The Balaban J connectivity index is 1.61. The first-order chi connectivity index (χ1) is 10.5. The van der Waals surface area contributed by atoms with Gasteiger partial charge in [-0.15, -0.1) is 10.2 Å². The average Bonchev–Trinajstić information content (AvgIpc) is 3.16. The number of carbonyl (C=O) groups excluding carboxylic acids is 1. The number of amides is 1. The van der Waals surface area contributed by atoms with Crippen molar-refractivity contribution in [2.45, 2.75) is 19.8 Å². The molecule has 2 aromatic rings. The van der Waals surface area contributed by atoms with Crippen LogP contribution in [0, 0.1) is 0 Å². The second-order valence-electron chi connectivity index (χ2n) is 5.76. The van der Waals surface area contributed by atoms with Crippen LogP contribution in [0.2, 0.25) is 0 Å². The van der Waals surface area contributed by atoms with Gasteiger partial charge in [0, 0.05) is 45.3 Å². The van der Waals surface area contributed by atoms with Crippen molar-refractivity contribution < 1.29 is 4.79 Å². The Morgan fingerprint density at radius 1 is 1.23 bits per heavy atom. The minimum absolute atomic E-state index is 0.0490. The zero-order chi connectivity index (χ0) is 15.7. The third-order valence-electron chi connectivity index (χ3n) is 3.71. The van der Waals surface area contributed by atoms with Gasteiger partial charge < -0.3 is 9.80 Å². The van der Waals surface area contributed by atoms with E-state index in [0.717, 1.165) is 23.2 Å². The van der Waals surface area contributed by atoms with Gasteiger partial charge in [0.15, 0.2) is 0 Å². The summed E-state index contributed by atoms with van der Waals surface area (Å²) in [6, 6.07) is 0. The second-order valence-corrected chi connectivity index (χ2v) is 6.75. The number of aromatic nitrogens is 4. The third-order valence-corrected chi connectivity index (χ3v) is 5.00. The van der Waals surface area contributed by atoms with Gasteiger partial charge in [-0.3, -0.25) is 9.48 Å².